The average molecular weight is 319 g/mol. The van der Waals surface area contributed by atoms with Crippen LogP contribution in [0.25, 0.3) is 0 Å². The molecule has 5 heteroatoms. The molecule has 1 atom stereocenters. The first kappa shape index (κ1) is 19.9. The molecule has 3 nitrogen and oxygen atoms in total. The Balaban J connectivity index is 5.37. The smallest absolute Gasteiger partial charge is 0.302 e. The first-order valence-corrected chi connectivity index (χ1v) is 14.3. The first-order chi connectivity index (χ1) is 8.95. The van der Waals surface area contributed by atoms with Crippen LogP contribution >= 0.6 is 0 Å². The molecular formula is C15H34O3Si2. The molecule has 0 aromatic carbocycles. The number of rotatable bonds is 8. The van der Waals surface area contributed by atoms with E-state index < -0.39 is 21.6 Å². The van der Waals surface area contributed by atoms with E-state index in [-0.39, 0.29) is 5.97 Å². The molecular weight excluding hydrogens is 284 g/mol. The lowest BCUT2D eigenvalue weighted by Gasteiger charge is -2.46. The molecule has 0 aromatic heterocycles. The lowest BCUT2D eigenvalue weighted by molar-refractivity contribution is -0.152. The Kier molecular flexibility index (Phi) is 7.18. The highest BCUT2D eigenvalue weighted by Crippen LogP contribution is 2.35. The second-order valence-corrected chi connectivity index (χ2v) is 16.7. The van der Waals surface area contributed by atoms with Crippen LogP contribution in [0.2, 0.25) is 32.7 Å². The molecule has 0 N–H and O–H groups in total. The molecule has 0 aromatic rings. The van der Waals surface area contributed by atoms with Crippen LogP contribution in [0.4, 0.5) is 0 Å². The zero-order chi connectivity index (χ0) is 16.2. The normalized spacial score (nSPS) is 15.1. The Labute approximate surface area is 127 Å². The maximum absolute atomic E-state index is 11.5. The van der Waals surface area contributed by atoms with Gasteiger partial charge >= 0.3 is 5.97 Å². The van der Waals surface area contributed by atoms with Crippen molar-refractivity contribution in [2.24, 2.45) is 0 Å². The van der Waals surface area contributed by atoms with Crippen molar-refractivity contribution < 1.29 is 14.0 Å². The van der Waals surface area contributed by atoms with Crippen molar-refractivity contribution in [2.45, 2.75) is 90.6 Å². The van der Waals surface area contributed by atoms with Crippen LogP contribution in [0.15, 0.2) is 0 Å². The van der Waals surface area contributed by atoms with Gasteiger partial charge in [0.05, 0.1) is 8.07 Å². The third-order valence-corrected chi connectivity index (χ3v) is 10.9. The van der Waals surface area contributed by atoms with Gasteiger partial charge < -0.3 is 9.16 Å². The summed E-state index contributed by atoms with van der Waals surface area (Å²) in [6.45, 7) is 19.3. The van der Waals surface area contributed by atoms with E-state index in [9.17, 15) is 4.79 Å². The van der Waals surface area contributed by atoms with Gasteiger partial charge in [-0.3, -0.25) is 4.79 Å². The van der Waals surface area contributed by atoms with E-state index >= 15 is 0 Å². The predicted octanol–water partition coefficient (Wildman–Crippen LogP) is 4.53. The lowest BCUT2D eigenvalue weighted by Crippen LogP contribution is -2.61. The van der Waals surface area contributed by atoms with E-state index in [2.05, 4.69) is 53.5 Å². The maximum Gasteiger partial charge on any atom is 0.302 e. The third kappa shape index (κ3) is 4.70. The summed E-state index contributed by atoms with van der Waals surface area (Å²) in [7, 11) is -3.52. The van der Waals surface area contributed by atoms with Gasteiger partial charge in [-0.2, -0.15) is 0 Å². The van der Waals surface area contributed by atoms with Crippen LogP contribution in [0.3, 0.4) is 0 Å². The van der Waals surface area contributed by atoms with Gasteiger partial charge in [-0.25, -0.2) is 0 Å². The summed E-state index contributed by atoms with van der Waals surface area (Å²) >= 11 is 0. The second-order valence-electron chi connectivity index (χ2n) is 7.19. The molecule has 0 saturated carbocycles. The van der Waals surface area contributed by atoms with Gasteiger partial charge in [-0.05, 0) is 32.4 Å². The molecule has 20 heavy (non-hydrogen) atoms. The minimum Gasteiger partial charge on any atom is -0.460 e. The summed E-state index contributed by atoms with van der Waals surface area (Å²) in [5.74, 6) is -0.195. The van der Waals surface area contributed by atoms with Gasteiger partial charge in [0.25, 0.3) is 0 Å². The van der Waals surface area contributed by atoms with Crippen LogP contribution in [-0.2, 0) is 14.0 Å². The molecule has 0 aliphatic rings. The fourth-order valence-electron chi connectivity index (χ4n) is 2.98. The van der Waals surface area contributed by atoms with Crippen molar-refractivity contribution in [1.82, 2.24) is 0 Å². The largest absolute Gasteiger partial charge is 0.460 e. The Morgan fingerprint density at radius 2 is 1.50 bits per heavy atom. The highest BCUT2D eigenvalue weighted by Gasteiger charge is 2.51. The fourth-order valence-corrected chi connectivity index (χ4v) is 9.69. The van der Waals surface area contributed by atoms with Crippen LogP contribution < -0.4 is 0 Å². The summed E-state index contributed by atoms with van der Waals surface area (Å²) in [6, 6.07) is 0. The van der Waals surface area contributed by atoms with Crippen LogP contribution in [0, 0.1) is 0 Å². The second kappa shape index (κ2) is 7.23. The SMILES string of the molecule is CCC(O[Si](C)(C)C(CC)(CC)OC(C)=O)[Si](C)(C)C. The molecule has 0 heterocycles. The van der Waals surface area contributed by atoms with E-state index in [1.54, 1.807) is 0 Å². The summed E-state index contributed by atoms with van der Waals surface area (Å²) in [6.07, 6.45) is 2.69. The molecule has 0 radical (unpaired) electrons. The Bertz CT molecular complexity index is 318. The zero-order valence-corrected chi connectivity index (χ0v) is 16.9. The lowest BCUT2D eigenvalue weighted by atomic mass is 10.2. The summed E-state index contributed by atoms with van der Waals surface area (Å²) in [5, 5.41) is -0.411. The van der Waals surface area contributed by atoms with Gasteiger partial charge in [0.1, 0.15) is 5.22 Å². The van der Waals surface area contributed by atoms with Gasteiger partial charge in [0.15, 0.2) is 0 Å². The Morgan fingerprint density at radius 3 is 1.75 bits per heavy atom. The molecule has 0 saturated heterocycles. The van der Waals surface area contributed by atoms with Gasteiger partial charge in [-0.1, -0.05) is 40.4 Å². The number of hydrogen-bond donors (Lipinski definition) is 0. The molecule has 1 unspecified atom stereocenters. The standard InChI is InChI=1S/C15H34O3Si2/c1-10-14(19(5,6)7)18-20(8,9)15(11-2,12-3)17-13(4)16/h14H,10-12H2,1-9H3. The highest BCUT2D eigenvalue weighted by molar-refractivity contribution is 6.80. The molecule has 0 bridgehead atoms. The molecule has 0 fully saturated rings. The molecule has 0 rings (SSSR count). The van der Waals surface area contributed by atoms with Crippen LogP contribution in [-0.4, -0.2) is 33.3 Å². The molecule has 0 aliphatic heterocycles. The van der Waals surface area contributed by atoms with Crippen molar-refractivity contribution >= 4 is 22.4 Å². The highest BCUT2D eigenvalue weighted by atomic mass is 28.4. The number of ether oxygens (including phenoxy) is 1. The number of carbonyl (C=O) groups is 1. The van der Waals surface area contributed by atoms with Crippen molar-refractivity contribution in [3.63, 3.8) is 0 Å². The molecule has 120 valence electrons. The van der Waals surface area contributed by atoms with Crippen molar-refractivity contribution in [2.75, 3.05) is 0 Å². The monoisotopic (exact) mass is 318 g/mol. The van der Waals surface area contributed by atoms with Crippen molar-refractivity contribution in [3.05, 3.63) is 0 Å². The Hall–Kier alpha value is -0.136. The fraction of sp³-hybridized carbons (Fsp3) is 0.933. The quantitative estimate of drug-likeness (QED) is 0.487. The van der Waals surface area contributed by atoms with Crippen LogP contribution in [0.5, 0.6) is 0 Å². The number of carbonyl (C=O) groups excluding carboxylic acids is 1. The van der Waals surface area contributed by atoms with E-state index in [1.807, 2.05) is 0 Å². The van der Waals surface area contributed by atoms with Gasteiger partial charge in [-0.15, -0.1) is 0 Å². The number of hydrogen-bond acceptors (Lipinski definition) is 3. The summed E-state index contributed by atoms with van der Waals surface area (Å²) < 4.78 is 12.4. The number of esters is 1. The first-order valence-electron chi connectivity index (χ1n) is 7.83. The van der Waals surface area contributed by atoms with Crippen LogP contribution in [0.1, 0.15) is 47.0 Å². The predicted molar refractivity (Wildman–Crippen MR) is 91.1 cm³/mol. The van der Waals surface area contributed by atoms with E-state index in [0.29, 0.717) is 5.73 Å². The van der Waals surface area contributed by atoms with Crippen molar-refractivity contribution in [3.8, 4) is 0 Å². The maximum atomic E-state index is 11.5. The zero-order valence-electron chi connectivity index (χ0n) is 14.9. The van der Waals surface area contributed by atoms with Gasteiger partial charge in [0, 0.05) is 12.7 Å². The molecule has 0 spiro atoms. The van der Waals surface area contributed by atoms with Gasteiger partial charge in [0.2, 0.25) is 8.32 Å². The average Bonchev–Trinajstić information content (AvgIpc) is 2.31. The van der Waals surface area contributed by atoms with E-state index in [0.717, 1.165) is 19.3 Å². The third-order valence-electron chi connectivity index (χ3n) is 4.35. The van der Waals surface area contributed by atoms with E-state index in [1.165, 1.54) is 6.92 Å². The summed E-state index contributed by atoms with van der Waals surface area (Å²) in [4.78, 5) is 11.5. The molecule has 0 amide bonds. The summed E-state index contributed by atoms with van der Waals surface area (Å²) in [5.41, 5.74) is 0.331. The topological polar surface area (TPSA) is 35.5 Å². The molecule has 0 aliphatic carbocycles. The van der Waals surface area contributed by atoms with E-state index in [4.69, 9.17) is 9.16 Å². The minimum atomic E-state index is -2.15. The Morgan fingerprint density at radius 1 is 1.05 bits per heavy atom. The minimum absolute atomic E-state index is 0.195. The van der Waals surface area contributed by atoms with Crippen molar-refractivity contribution in [1.29, 1.82) is 0 Å².